The first kappa shape index (κ1) is 27.1. The minimum atomic E-state index is -0.918. The van der Waals surface area contributed by atoms with Gasteiger partial charge in [-0.25, -0.2) is 4.79 Å². The molecule has 1 saturated heterocycles. The highest BCUT2D eigenvalue weighted by atomic mass is 16.5. The van der Waals surface area contributed by atoms with Crippen molar-refractivity contribution in [2.75, 3.05) is 40.5 Å². The number of hydrogen-bond acceptors (Lipinski definition) is 6. The van der Waals surface area contributed by atoms with Gasteiger partial charge < -0.3 is 34.4 Å². The van der Waals surface area contributed by atoms with Crippen LogP contribution < -0.4 is 14.8 Å². The van der Waals surface area contributed by atoms with E-state index in [0.717, 1.165) is 32.2 Å². The van der Waals surface area contributed by atoms with Crippen LogP contribution in [0.4, 0.5) is 4.79 Å². The summed E-state index contributed by atoms with van der Waals surface area (Å²) in [5, 5.41) is 13.4. The van der Waals surface area contributed by atoms with Crippen LogP contribution >= 0.6 is 0 Å². The number of carboxylic acid groups (broad SMARTS) is 1. The SMILES string of the molecule is COCCCOc1cc(C(=O)N(C(C)C)[C@@H]2CC[C@@H](CCNC3CC3)N(C(=O)O)C2)ccc1OC. The average Bonchev–Trinajstić information content (AvgIpc) is 3.66. The van der Waals surface area contributed by atoms with Crippen LogP contribution in [0.1, 0.15) is 62.7 Å². The van der Waals surface area contributed by atoms with Crippen LogP contribution in [-0.4, -0.2) is 91.6 Å². The molecule has 0 bridgehead atoms. The Labute approximate surface area is 208 Å². The number of piperidine rings is 1. The Balaban J connectivity index is 1.71. The Morgan fingerprint density at radius 1 is 1.14 bits per heavy atom. The lowest BCUT2D eigenvalue weighted by atomic mass is 9.94. The molecular weight excluding hydrogens is 450 g/mol. The highest BCUT2D eigenvalue weighted by molar-refractivity contribution is 5.95. The summed E-state index contributed by atoms with van der Waals surface area (Å²) in [7, 11) is 3.21. The third-order valence-corrected chi connectivity index (χ3v) is 6.76. The maximum atomic E-state index is 13.7. The van der Waals surface area contributed by atoms with E-state index in [9.17, 15) is 14.7 Å². The van der Waals surface area contributed by atoms with Gasteiger partial charge in [0.25, 0.3) is 5.91 Å². The van der Waals surface area contributed by atoms with Crippen molar-refractivity contribution >= 4 is 12.0 Å². The van der Waals surface area contributed by atoms with E-state index in [1.165, 1.54) is 17.7 Å². The lowest BCUT2D eigenvalue weighted by Gasteiger charge is -2.44. The standard InChI is InChI=1S/C26H41N3O6/c1-18(2)29(22-10-9-21(28(17-22)26(31)32)12-13-27-20-7-8-20)25(30)19-6-11-23(34-4)24(16-19)35-15-5-14-33-3/h6,11,16,18,20-22,27H,5,7-10,12-15,17H2,1-4H3,(H,31,32)/t21-,22+/m0/s1. The number of amides is 2. The maximum absolute atomic E-state index is 13.7. The Kier molecular flexibility index (Phi) is 10.0. The second-order valence-corrected chi connectivity index (χ2v) is 9.70. The van der Waals surface area contributed by atoms with Gasteiger partial charge in [-0.15, -0.1) is 0 Å². The number of likely N-dealkylation sites (tertiary alicyclic amines) is 1. The molecule has 1 heterocycles. The third kappa shape index (κ3) is 7.48. The molecule has 1 aliphatic heterocycles. The Hall–Kier alpha value is -2.52. The number of hydrogen-bond donors (Lipinski definition) is 2. The van der Waals surface area contributed by atoms with Crippen LogP contribution in [0.15, 0.2) is 18.2 Å². The van der Waals surface area contributed by atoms with Crippen LogP contribution in [0.2, 0.25) is 0 Å². The molecule has 2 atom stereocenters. The van der Waals surface area contributed by atoms with Gasteiger partial charge in [0.05, 0.1) is 19.8 Å². The number of methoxy groups -OCH3 is 2. The molecule has 1 aromatic carbocycles. The fraction of sp³-hybridized carbons (Fsp3) is 0.692. The normalized spacial score (nSPS) is 20.1. The van der Waals surface area contributed by atoms with Crippen molar-refractivity contribution in [3.8, 4) is 11.5 Å². The quantitative estimate of drug-likeness (QED) is 0.407. The average molecular weight is 492 g/mol. The van der Waals surface area contributed by atoms with Gasteiger partial charge in [-0.05, 0) is 70.7 Å². The molecule has 9 nitrogen and oxygen atoms in total. The number of carbonyl (C=O) groups is 2. The van der Waals surface area contributed by atoms with Gasteiger partial charge in [0, 0.05) is 50.4 Å². The van der Waals surface area contributed by atoms with E-state index in [2.05, 4.69) is 5.32 Å². The monoisotopic (exact) mass is 491 g/mol. The topological polar surface area (TPSA) is 101 Å². The summed E-state index contributed by atoms with van der Waals surface area (Å²) in [5.41, 5.74) is 0.499. The fourth-order valence-electron chi connectivity index (χ4n) is 4.79. The lowest BCUT2D eigenvalue weighted by molar-refractivity contribution is 0.0322. The van der Waals surface area contributed by atoms with Crippen LogP contribution in [0.25, 0.3) is 0 Å². The Morgan fingerprint density at radius 2 is 1.91 bits per heavy atom. The number of nitrogens with one attached hydrogen (secondary N) is 1. The Bertz CT molecular complexity index is 844. The summed E-state index contributed by atoms with van der Waals surface area (Å²) >= 11 is 0. The fourth-order valence-corrected chi connectivity index (χ4v) is 4.79. The van der Waals surface area contributed by atoms with Crippen LogP contribution in [-0.2, 0) is 4.74 Å². The molecule has 3 rings (SSSR count). The number of nitrogens with zero attached hydrogens (tertiary/aromatic N) is 2. The van der Waals surface area contributed by atoms with E-state index in [1.54, 1.807) is 32.4 Å². The van der Waals surface area contributed by atoms with Crippen molar-refractivity contribution in [3.63, 3.8) is 0 Å². The van der Waals surface area contributed by atoms with E-state index in [1.807, 2.05) is 18.7 Å². The van der Waals surface area contributed by atoms with Gasteiger partial charge in [0.15, 0.2) is 11.5 Å². The van der Waals surface area contributed by atoms with Gasteiger partial charge in [-0.3, -0.25) is 4.79 Å². The molecule has 2 fully saturated rings. The van der Waals surface area contributed by atoms with E-state index in [4.69, 9.17) is 14.2 Å². The molecule has 0 aromatic heterocycles. The summed E-state index contributed by atoms with van der Waals surface area (Å²) in [6, 6.07) is 5.52. The van der Waals surface area contributed by atoms with Crippen molar-refractivity contribution in [1.29, 1.82) is 0 Å². The zero-order chi connectivity index (χ0) is 25.4. The summed E-state index contributed by atoms with van der Waals surface area (Å²) in [6.07, 6.45) is 4.55. The molecule has 196 valence electrons. The number of benzene rings is 1. The molecule has 35 heavy (non-hydrogen) atoms. The van der Waals surface area contributed by atoms with Crippen molar-refractivity contribution in [1.82, 2.24) is 15.1 Å². The zero-order valence-electron chi connectivity index (χ0n) is 21.5. The summed E-state index contributed by atoms with van der Waals surface area (Å²) in [6.45, 7) is 6.13. The van der Waals surface area contributed by atoms with Crippen molar-refractivity contribution in [2.45, 2.75) is 76.5 Å². The van der Waals surface area contributed by atoms with Crippen molar-refractivity contribution in [2.24, 2.45) is 0 Å². The van der Waals surface area contributed by atoms with E-state index >= 15 is 0 Å². The molecule has 1 aromatic rings. The lowest BCUT2D eigenvalue weighted by Crippen LogP contribution is -2.57. The number of rotatable bonds is 13. The van der Waals surface area contributed by atoms with Gasteiger partial charge in [0.1, 0.15) is 0 Å². The predicted octanol–water partition coefficient (Wildman–Crippen LogP) is 3.61. The van der Waals surface area contributed by atoms with Crippen molar-refractivity contribution in [3.05, 3.63) is 23.8 Å². The molecule has 1 aliphatic carbocycles. The summed E-state index contributed by atoms with van der Waals surface area (Å²) in [4.78, 5) is 29.1. The molecule has 2 amide bonds. The molecule has 0 unspecified atom stereocenters. The first-order valence-corrected chi connectivity index (χ1v) is 12.7. The van der Waals surface area contributed by atoms with Crippen LogP contribution in [0.5, 0.6) is 11.5 Å². The third-order valence-electron chi connectivity index (χ3n) is 6.76. The van der Waals surface area contributed by atoms with Crippen molar-refractivity contribution < 1.29 is 28.9 Å². The second-order valence-electron chi connectivity index (χ2n) is 9.70. The molecular formula is C26H41N3O6. The summed E-state index contributed by atoms with van der Waals surface area (Å²) < 4.78 is 16.3. The van der Waals surface area contributed by atoms with E-state index < -0.39 is 6.09 Å². The largest absolute Gasteiger partial charge is 0.493 e. The first-order chi connectivity index (χ1) is 16.8. The molecule has 2 aliphatic rings. The summed E-state index contributed by atoms with van der Waals surface area (Å²) in [5.74, 6) is 0.943. The van der Waals surface area contributed by atoms with Gasteiger partial charge in [-0.2, -0.15) is 0 Å². The smallest absolute Gasteiger partial charge is 0.407 e. The minimum Gasteiger partial charge on any atom is -0.493 e. The number of carbonyl (C=O) groups excluding carboxylic acids is 1. The predicted molar refractivity (Wildman–Crippen MR) is 133 cm³/mol. The molecule has 9 heteroatoms. The molecule has 1 saturated carbocycles. The van der Waals surface area contributed by atoms with Crippen LogP contribution in [0.3, 0.4) is 0 Å². The van der Waals surface area contributed by atoms with Gasteiger partial charge in [-0.1, -0.05) is 0 Å². The van der Waals surface area contributed by atoms with E-state index in [0.29, 0.717) is 42.9 Å². The highest BCUT2D eigenvalue weighted by Gasteiger charge is 2.37. The molecule has 2 N–H and O–H groups in total. The molecule has 0 radical (unpaired) electrons. The Morgan fingerprint density at radius 3 is 2.54 bits per heavy atom. The number of ether oxygens (including phenoxy) is 3. The molecule has 0 spiro atoms. The maximum Gasteiger partial charge on any atom is 0.407 e. The van der Waals surface area contributed by atoms with Gasteiger partial charge in [0.2, 0.25) is 0 Å². The highest BCUT2D eigenvalue weighted by Crippen LogP contribution is 2.31. The van der Waals surface area contributed by atoms with Gasteiger partial charge >= 0.3 is 6.09 Å². The zero-order valence-corrected chi connectivity index (χ0v) is 21.5. The first-order valence-electron chi connectivity index (χ1n) is 12.7. The second kappa shape index (κ2) is 13.0. The van der Waals surface area contributed by atoms with E-state index in [-0.39, 0.29) is 24.0 Å². The minimum absolute atomic E-state index is 0.0211. The van der Waals surface area contributed by atoms with Crippen LogP contribution in [0, 0.1) is 0 Å².